The van der Waals surface area contributed by atoms with Crippen molar-refractivity contribution in [2.24, 2.45) is 0 Å². The van der Waals surface area contributed by atoms with Gasteiger partial charge in [-0.15, -0.1) is 0 Å². The van der Waals surface area contributed by atoms with Crippen LogP contribution in [0.2, 0.25) is 0 Å². The molecule has 1 amide bonds. The van der Waals surface area contributed by atoms with Crippen LogP contribution in [-0.2, 0) is 11.0 Å². The second kappa shape index (κ2) is 6.11. The Kier molecular flexibility index (Phi) is 4.97. The van der Waals surface area contributed by atoms with E-state index in [-0.39, 0.29) is 30.2 Å². The number of amides is 1. The van der Waals surface area contributed by atoms with E-state index < -0.39 is 11.7 Å². The van der Waals surface area contributed by atoms with E-state index >= 15 is 0 Å². The lowest BCUT2D eigenvalue weighted by Crippen LogP contribution is -2.41. The summed E-state index contributed by atoms with van der Waals surface area (Å²) < 4.78 is 37.5. The van der Waals surface area contributed by atoms with Gasteiger partial charge in [-0.05, 0) is 32.9 Å². The van der Waals surface area contributed by atoms with Crippen LogP contribution in [0.25, 0.3) is 0 Å². The van der Waals surface area contributed by atoms with E-state index in [1.54, 1.807) is 0 Å². The van der Waals surface area contributed by atoms with Gasteiger partial charge in [-0.1, -0.05) is 0 Å². The molecule has 0 spiro atoms. The minimum Gasteiger partial charge on any atom is -0.370 e. The second-order valence-corrected chi connectivity index (χ2v) is 5.40. The van der Waals surface area contributed by atoms with Crippen LogP contribution in [0.15, 0.2) is 18.3 Å². The lowest BCUT2D eigenvalue weighted by Gasteiger charge is -2.20. The highest BCUT2D eigenvalue weighted by Crippen LogP contribution is 2.29. The number of hydrogen-bond acceptors (Lipinski definition) is 3. The van der Waals surface area contributed by atoms with Gasteiger partial charge >= 0.3 is 6.18 Å². The second-order valence-electron chi connectivity index (χ2n) is 5.40. The molecule has 0 aliphatic rings. The minimum atomic E-state index is -4.40. The van der Waals surface area contributed by atoms with Gasteiger partial charge in [0.15, 0.2) is 0 Å². The van der Waals surface area contributed by atoms with E-state index in [9.17, 15) is 18.0 Å². The smallest absolute Gasteiger partial charge is 0.370 e. The predicted molar refractivity (Wildman–Crippen MR) is 70.2 cm³/mol. The summed E-state index contributed by atoms with van der Waals surface area (Å²) in [7, 11) is 0. The maximum absolute atomic E-state index is 12.5. The molecule has 0 aliphatic carbocycles. The molecule has 1 aromatic rings. The summed E-state index contributed by atoms with van der Waals surface area (Å²) in [4.78, 5) is 15.3. The number of carbonyl (C=O) groups excluding carboxylic acids is 1. The quantitative estimate of drug-likeness (QED) is 0.896. The van der Waals surface area contributed by atoms with Crippen molar-refractivity contribution < 1.29 is 18.0 Å². The van der Waals surface area contributed by atoms with Crippen LogP contribution in [0, 0.1) is 0 Å². The van der Waals surface area contributed by atoms with E-state index in [1.807, 2.05) is 20.8 Å². The molecule has 0 saturated heterocycles. The Balaban J connectivity index is 2.49. The lowest BCUT2D eigenvalue weighted by atomic mass is 10.1. The van der Waals surface area contributed by atoms with Gasteiger partial charge in [0.25, 0.3) is 0 Å². The molecule has 20 heavy (non-hydrogen) atoms. The molecule has 1 rings (SSSR count). The fraction of sp³-hybridized carbons (Fsp3) is 0.538. The highest BCUT2D eigenvalue weighted by atomic mass is 19.4. The first-order valence-corrected chi connectivity index (χ1v) is 6.16. The zero-order chi connectivity index (χ0) is 15.4. The Labute approximate surface area is 115 Å². The van der Waals surface area contributed by atoms with Gasteiger partial charge < -0.3 is 10.6 Å². The number of rotatable bonds is 4. The molecule has 2 N–H and O–H groups in total. The third-order valence-corrected chi connectivity index (χ3v) is 2.26. The zero-order valence-corrected chi connectivity index (χ0v) is 11.6. The van der Waals surface area contributed by atoms with Crippen LogP contribution < -0.4 is 10.6 Å². The van der Waals surface area contributed by atoms with Gasteiger partial charge in [0.1, 0.15) is 5.82 Å². The molecule has 0 unspecified atom stereocenters. The SMILES string of the molecule is CC(C)(C)NC(=O)CCNc1cc(C(F)(F)F)ccn1. The van der Waals surface area contributed by atoms with Gasteiger partial charge in [0.2, 0.25) is 5.91 Å². The molecule has 0 bridgehead atoms. The minimum absolute atomic E-state index is 0.100. The summed E-state index contributed by atoms with van der Waals surface area (Å²) in [6, 6.07) is 1.82. The molecule has 7 heteroatoms. The molecule has 4 nitrogen and oxygen atoms in total. The maximum atomic E-state index is 12.5. The Bertz CT molecular complexity index is 467. The van der Waals surface area contributed by atoms with Crippen LogP contribution in [0.1, 0.15) is 32.8 Å². The van der Waals surface area contributed by atoms with E-state index in [1.165, 1.54) is 0 Å². The Morgan fingerprint density at radius 3 is 2.50 bits per heavy atom. The molecule has 112 valence electrons. The van der Waals surface area contributed by atoms with Crippen LogP contribution in [0.4, 0.5) is 19.0 Å². The third kappa shape index (κ3) is 5.90. The van der Waals surface area contributed by atoms with Crippen molar-refractivity contribution in [1.82, 2.24) is 10.3 Å². The maximum Gasteiger partial charge on any atom is 0.416 e. The summed E-state index contributed by atoms with van der Waals surface area (Å²) in [6.45, 7) is 5.78. The first kappa shape index (κ1) is 16.3. The number of hydrogen-bond donors (Lipinski definition) is 2. The standard InChI is InChI=1S/C13H18F3N3O/c1-12(2,3)19-11(20)5-7-18-10-8-9(4-6-17-10)13(14,15)16/h4,6,8H,5,7H2,1-3H3,(H,17,18)(H,19,20). The van der Waals surface area contributed by atoms with Crippen molar-refractivity contribution in [1.29, 1.82) is 0 Å². The first-order chi connectivity index (χ1) is 9.08. The Hall–Kier alpha value is -1.79. The average Bonchev–Trinajstić information content (AvgIpc) is 2.25. The highest BCUT2D eigenvalue weighted by Gasteiger charge is 2.30. The Morgan fingerprint density at radius 1 is 1.30 bits per heavy atom. The number of anilines is 1. The fourth-order valence-electron chi connectivity index (χ4n) is 1.49. The topological polar surface area (TPSA) is 54.0 Å². The molecule has 0 aliphatic heterocycles. The van der Waals surface area contributed by atoms with Gasteiger partial charge in [0.05, 0.1) is 5.56 Å². The number of alkyl halides is 3. The van der Waals surface area contributed by atoms with E-state index in [2.05, 4.69) is 15.6 Å². The summed E-state index contributed by atoms with van der Waals surface area (Å²) in [5, 5.41) is 5.46. The highest BCUT2D eigenvalue weighted by molar-refractivity contribution is 5.77. The zero-order valence-electron chi connectivity index (χ0n) is 11.6. The lowest BCUT2D eigenvalue weighted by molar-refractivity contribution is -0.137. The number of carbonyl (C=O) groups is 1. The van der Waals surface area contributed by atoms with E-state index in [4.69, 9.17) is 0 Å². The predicted octanol–water partition coefficient (Wildman–Crippen LogP) is 2.82. The molecule has 0 fully saturated rings. The van der Waals surface area contributed by atoms with E-state index in [0.29, 0.717) is 0 Å². The number of halogens is 3. The van der Waals surface area contributed by atoms with Crippen molar-refractivity contribution in [3.63, 3.8) is 0 Å². The van der Waals surface area contributed by atoms with Crippen molar-refractivity contribution >= 4 is 11.7 Å². The van der Waals surface area contributed by atoms with E-state index in [0.717, 1.165) is 18.3 Å². The van der Waals surface area contributed by atoms with Crippen LogP contribution in [-0.4, -0.2) is 23.0 Å². The molecule has 1 heterocycles. The number of pyridine rings is 1. The number of nitrogens with one attached hydrogen (secondary N) is 2. The van der Waals surface area contributed by atoms with Gasteiger partial charge in [-0.3, -0.25) is 4.79 Å². The molecular formula is C13H18F3N3O. The summed E-state index contributed by atoms with van der Waals surface area (Å²) >= 11 is 0. The van der Waals surface area contributed by atoms with Crippen LogP contribution in [0.5, 0.6) is 0 Å². The third-order valence-electron chi connectivity index (χ3n) is 2.26. The van der Waals surface area contributed by atoms with Crippen LogP contribution in [0.3, 0.4) is 0 Å². The van der Waals surface area contributed by atoms with Gasteiger partial charge in [0, 0.05) is 24.7 Å². The number of nitrogens with zero attached hydrogens (tertiary/aromatic N) is 1. The largest absolute Gasteiger partial charge is 0.416 e. The molecule has 0 saturated carbocycles. The van der Waals surface area contributed by atoms with Crippen molar-refractivity contribution in [2.75, 3.05) is 11.9 Å². The average molecular weight is 289 g/mol. The van der Waals surface area contributed by atoms with Crippen molar-refractivity contribution in [3.8, 4) is 0 Å². The molecule has 0 radical (unpaired) electrons. The summed E-state index contributed by atoms with van der Waals surface area (Å²) in [5.41, 5.74) is -1.10. The molecule has 0 aromatic carbocycles. The monoisotopic (exact) mass is 289 g/mol. The molecule has 0 atom stereocenters. The van der Waals surface area contributed by atoms with Crippen molar-refractivity contribution in [2.45, 2.75) is 38.9 Å². The number of aromatic nitrogens is 1. The molecule has 1 aromatic heterocycles. The van der Waals surface area contributed by atoms with Crippen molar-refractivity contribution in [3.05, 3.63) is 23.9 Å². The van der Waals surface area contributed by atoms with Gasteiger partial charge in [-0.2, -0.15) is 13.2 Å². The first-order valence-electron chi connectivity index (χ1n) is 6.16. The summed E-state index contributed by atoms with van der Waals surface area (Å²) in [5.74, 6) is -0.0691. The van der Waals surface area contributed by atoms with Crippen LogP contribution >= 0.6 is 0 Å². The molecular weight excluding hydrogens is 271 g/mol. The van der Waals surface area contributed by atoms with Gasteiger partial charge in [-0.25, -0.2) is 4.98 Å². The fourth-order valence-corrected chi connectivity index (χ4v) is 1.49. The summed E-state index contributed by atoms with van der Waals surface area (Å²) in [6.07, 6.45) is -3.15. The Morgan fingerprint density at radius 2 is 1.95 bits per heavy atom. The normalized spacial score (nSPS) is 12.1.